The van der Waals surface area contributed by atoms with Crippen LogP contribution in [0.3, 0.4) is 0 Å². The molecular formula is C16H19N. The molecule has 0 fully saturated rings. The highest BCUT2D eigenvalue weighted by atomic mass is 14.7. The summed E-state index contributed by atoms with van der Waals surface area (Å²) in [4.78, 5) is 4.55. The van der Waals surface area contributed by atoms with Crippen molar-refractivity contribution in [1.82, 2.24) is 4.98 Å². The van der Waals surface area contributed by atoms with Crippen molar-refractivity contribution in [1.29, 1.82) is 0 Å². The zero-order chi connectivity index (χ0) is 12.3. The van der Waals surface area contributed by atoms with Crippen LogP contribution in [0, 0.1) is 20.8 Å². The second-order valence-corrected chi connectivity index (χ2v) is 4.63. The molecule has 1 nitrogen and oxygen atoms in total. The van der Waals surface area contributed by atoms with Crippen molar-refractivity contribution in [3.63, 3.8) is 0 Å². The lowest BCUT2D eigenvalue weighted by Gasteiger charge is -2.10. The molecule has 0 aliphatic heterocycles. The molecule has 0 saturated heterocycles. The fourth-order valence-corrected chi connectivity index (χ4v) is 2.34. The molecule has 0 saturated carbocycles. The van der Waals surface area contributed by atoms with E-state index in [1.165, 1.54) is 22.4 Å². The van der Waals surface area contributed by atoms with E-state index in [0.29, 0.717) is 0 Å². The molecule has 0 aliphatic carbocycles. The Bertz CT molecular complexity index is 477. The van der Waals surface area contributed by atoms with Crippen molar-refractivity contribution in [3.05, 3.63) is 64.5 Å². The summed E-state index contributed by atoms with van der Waals surface area (Å²) in [6.45, 7) is 6.35. The second-order valence-electron chi connectivity index (χ2n) is 4.63. The molecule has 0 unspecified atom stereocenters. The number of rotatable bonds is 3. The van der Waals surface area contributed by atoms with Gasteiger partial charge >= 0.3 is 0 Å². The molecule has 0 atom stereocenters. The van der Waals surface area contributed by atoms with Gasteiger partial charge in [0.25, 0.3) is 0 Å². The van der Waals surface area contributed by atoms with E-state index in [4.69, 9.17) is 0 Å². The maximum absolute atomic E-state index is 4.55. The minimum atomic E-state index is 1.08. The number of benzene rings is 1. The van der Waals surface area contributed by atoms with E-state index in [0.717, 1.165) is 18.5 Å². The largest absolute Gasteiger partial charge is 0.258 e. The van der Waals surface area contributed by atoms with Crippen LogP contribution in [0.1, 0.15) is 28.1 Å². The molecule has 2 aromatic rings. The van der Waals surface area contributed by atoms with E-state index in [1.807, 2.05) is 0 Å². The molecule has 2 rings (SSSR count). The van der Waals surface area contributed by atoms with E-state index in [9.17, 15) is 0 Å². The Hall–Kier alpha value is -1.63. The number of hydrogen-bond donors (Lipinski definition) is 0. The van der Waals surface area contributed by atoms with Gasteiger partial charge in [-0.15, -0.1) is 0 Å². The standard InChI is InChI=1S/C16H19N/c1-12-11-13(2)17-14(3)16(12)10-9-15-7-5-4-6-8-15/h4-8,11H,9-10H2,1-3H3. The number of pyridine rings is 1. The van der Waals surface area contributed by atoms with Gasteiger partial charge < -0.3 is 0 Å². The molecule has 88 valence electrons. The molecule has 0 bridgehead atoms. The normalized spacial score (nSPS) is 10.5. The fourth-order valence-electron chi connectivity index (χ4n) is 2.34. The Morgan fingerprint density at radius 2 is 1.65 bits per heavy atom. The van der Waals surface area contributed by atoms with Gasteiger partial charge in [0.15, 0.2) is 0 Å². The van der Waals surface area contributed by atoms with Gasteiger partial charge in [0.1, 0.15) is 0 Å². The zero-order valence-corrected chi connectivity index (χ0v) is 10.8. The molecule has 17 heavy (non-hydrogen) atoms. The highest BCUT2D eigenvalue weighted by Gasteiger charge is 2.05. The molecule has 0 N–H and O–H groups in total. The van der Waals surface area contributed by atoms with Crippen LogP contribution in [-0.2, 0) is 12.8 Å². The Balaban J connectivity index is 2.15. The van der Waals surface area contributed by atoms with Crippen molar-refractivity contribution < 1.29 is 0 Å². The number of aromatic nitrogens is 1. The van der Waals surface area contributed by atoms with Gasteiger partial charge in [-0.2, -0.15) is 0 Å². The van der Waals surface area contributed by atoms with Crippen molar-refractivity contribution in [2.45, 2.75) is 33.6 Å². The first-order valence-electron chi connectivity index (χ1n) is 6.14. The summed E-state index contributed by atoms with van der Waals surface area (Å²) >= 11 is 0. The molecule has 1 aromatic heterocycles. The van der Waals surface area contributed by atoms with Crippen LogP contribution in [0.5, 0.6) is 0 Å². The van der Waals surface area contributed by atoms with E-state index < -0.39 is 0 Å². The van der Waals surface area contributed by atoms with Gasteiger partial charge in [-0.05, 0) is 56.4 Å². The first-order chi connectivity index (χ1) is 8.16. The second kappa shape index (κ2) is 5.13. The quantitative estimate of drug-likeness (QED) is 0.774. The summed E-state index contributed by atoms with van der Waals surface area (Å²) < 4.78 is 0. The van der Waals surface area contributed by atoms with Gasteiger partial charge in [-0.25, -0.2) is 0 Å². The molecular weight excluding hydrogens is 206 g/mol. The predicted octanol–water partition coefficient (Wildman–Crippen LogP) is 3.79. The van der Waals surface area contributed by atoms with Crippen molar-refractivity contribution >= 4 is 0 Å². The van der Waals surface area contributed by atoms with Crippen molar-refractivity contribution in [2.24, 2.45) is 0 Å². The van der Waals surface area contributed by atoms with Crippen molar-refractivity contribution in [2.75, 3.05) is 0 Å². The third-order valence-electron chi connectivity index (χ3n) is 3.19. The Kier molecular flexibility index (Phi) is 3.58. The molecule has 1 heteroatoms. The number of nitrogens with zero attached hydrogens (tertiary/aromatic N) is 1. The lowest BCUT2D eigenvalue weighted by molar-refractivity contribution is 0.910. The van der Waals surface area contributed by atoms with Crippen LogP contribution in [-0.4, -0.2) is 4.98 Å². The predicted molar refractivity (Wildman–Crippen MR) is 72.3 cm³/mol. The minimum absolute atomic E-state index is 1.08. The van der Waals surface area contributed by atoms with Crippen LogP contribution < -0.4 is 0 Å². The Labute approximate surface area is 104 Å². The lowest BCUT2D eigenvalue weighted by Crippen LogP contribution is -2.01. The maximum atomic E-state index is 4.55. The van der Waals surface area contributed by atoms with Gasteiger partial charge in [-0.1, -0.05) is 30.3 Å². The van der Waals surface area contributed by atoms with Gasteiger partial charge in [0, 0.05) is 11.4 Å². The van der Waals surface area contributed by atoms with Crippen LogP contribution in [0.2, 0.25) is 0 Å². The third kappa shape index (κ3) is 2.94. The minimum Gasteiger partial charge on any atom is -0.258 e. The average Bonchev–Trinajstić information content (AvgIpc) is 2.29. The summed E-state index contributed by atoms with van der Waals surface area (Å²) in [5.41, 5.74) is 6.46. The molecule has 0 radical (unpaired) electrons. The molecule has 1 aromatic carbocycles. The van der Waals surface area contributed by atoms with E-state index in [2.05, 4.69) is 62.2 Å². The van der Waals surface area contributed by atoms with Crippen LogP contribution in [0.15, 0.2) is 36.4 Å². The average molecular weight is 225 g/mol. The highest BCUT2D eigenvalue weighted by molar-refractivity contribution is 5.32. The van der Waals surface area contributed by atoms with Gasteiger partial charge in [0.05, 0.1) is 0 Å². The van der Waals surface area contributed by atoms with E-state index in [-0.39, 0.29) is 0 Å². The number of aryl methyl sites for hydroxylation is 4. The summed E-state index contributed by atoms with van der Waals surface area (Å²) in [5.74, 6) is 0. The van der Waals surface area contributed by atoms with Gasteiger partial charge in [0.2, 0.25) is 0 Å². The van der Waals surface area contributed by atoms with Crippen LogP contribution >= 0.6 is 0 Å². The summed E-state index contributed by atoms with van der Waals surface area (Å²) in [6, 6.07) is 12.8. The lowest BCUT2D eigenvalue weighted by atomic mass is 9.99. The smallest absolute Gasteiger partial charge is 0.0410 e. The van der Waals surface area contributed by atoms with E-state index in [1.54, 1.807) is 0 Å². The first kappa shape index (κ1) is 11.8. The van der Waals surface area contributed by atoms with Crippen molar-refractivity contribution in [3.8, 4) is 0 Å². The molecule has 1 heterocycles. The van der Waals surface area contributed by atoms with E-state index >= 15 is 0 Å². The third-order valence-corrected chi connectivity index (χ3v) is 3.19. The number of hydrogen-bond acceptors (Lipinski definition) is 1. The highest BCUT2D eigenvalue weighted by Crippen LogP contribution is 2.16. The Morgan fingerprint density at radius 1 is 0.941 bits per heavy atom. The topological polar surface area (TPSA) is 12.9 Å². The molecule has 0 spiro atoms. The summed E-state index contributed by atoms with van der Waals surface area (Å²) in [7, 11) is 0. The van der Waals surface area contributed by atoms with Gasteiger partial charge in [-0.3, -0.25) is 4.98 Å². The van der Waals surface area contributed by atoms with Crippen LogP contribution in [0.4, 0.5) is 0 Å². The Morgan fingerprint density at radius 3 is 2.29 bits per heavy atom. The monoisotopic (exact) mass is 225 g/mol. The zero-order valence-electron chi connectivity index (χ0n) is 10.8. The SMILES string of the molecule is Cc1cc(C)c(CCc2ccccc2)c(C)n1. The maximum Gasteiger partial charge on any atom is 0.0410 e. The summed E-state index contributed by atoms with van der Waals surface area (Å²) in [5, 5.41) is 0. The first-order valence-corrected chi connectivity index (χ1v) is 6.14. The summed E-state index contributed by atoms with van der Waals surface area (Å²) in [6.07, 6.45) is 2.17. The fraction of sp³-hybridized carbons (Fsp3) is 0.312. The van der Waals surface area contributed by atoms with Crippen LogP contribution in [0.25, 0.3) is 0 Å². The molecule has 0 aliphatic rings. The molecule has 0 amide bonds.